The van der Waals surface area contributed by atoms with Crippen LogP contribution < -0.4 is 5.32 Å². The minimum Gasteiger partial charge on any atom is -0.295 e. The van der Waals surface area contributed by atoms with Gasteiger partial charge in [-0.05, 0) is 19.1 Å². The van der Waals surface area contributed by atoms with Crippen LogP contribution >= 0.6 is 22.9 Å². The van der Waals surface area contributed by atoms with Gasteiger partial charge in [0, 0.05) is 12.6 Å². The van der Waals surface area contributed by atoms with Crippen molar-refractivity contribution in [2.45, 2.75) is 6.92 Å². The van der Waals surface area contributed by atoms with Crippen molar-refractivity contribution in [3.63, 3.8) is 0 Å². The first-order valence-electron chi connectivity index (χ1n) is 6.45. The van der Waals surface area contributed by atoms with Crippen molar-refractivity contribution in [2.75, 3.05) is 5.32 Å². The fourth-order valence-electron chi connectivity index (χ4n) is 1.99. The molecule has 0 aliphatic carbocycles. The lowest BCUT2D eigenvalue weighted by atomic mass is 10.1. The fourth-order valence-corrected chi connectivity index (χ4v) is 2.81. The summed E-state index contributed by atoms with van der Waals surface area (Å²) in [6, 6.07) is 9.07. The molecule has 22 heavy (non-hydrogen) atoms. The van der Waals surface area contributed by atoms with Crippen molar-refractivity contribution in [1.82, 2.24) is 20.0 Å². The molecule has 1 amide bonds. The van der Waals surface area contributed by atoms with E-state index in [2.05, 4.69) is 20.6 Å². The molecule has 0 atom stereocenters. The number of hydrogen-bond donors (Lipinski definition) is 1. The Morgan fingerprint density at radius 3 is 2.77 bits per heavy atom. The second-order valence-electron chi connectivity index (χ2n) is 4.60. The predicted octanol–water partition coefficient (Wildman–Crippen LogP) is 3.15. The molecule has 0 aliphatic rings. The maximum Gasteiger partial charge on any atom is 0.275 e. The second-order valence-corrected chi connectivity index (χ2v) is 6.19. The Morgan fingerprint density at radius 2 is 2.09 bits per heavy atom. The zero-order chi connectivity index (χ0) is 15.7. The highest BCUT2D eigenvalue weighted by molar-refractivity contribution is 7.15. The summed E-state index contributed by atoms with van der Waals surface area (Å²) in [6.07, 6.45) is 0. The van der Waals surface area contributed by atoms with Crippen LogP contribution in [-0.2, 0) is 7.05 Å². The number of carbonyl (C=O) groups excluding carboxylic acids is 1. The molecule has 1 aromatic carbocycles. The zero-order valence-electron chi connectivity index (χ0n) is 11.9. The van der Waals surface area contributed by atoms with Gasteiger partial charge >= 0.3 is 0 Å². The summed E-state index contributed by atoms with van der Waals surface area (Å²) >= 11 is 7.48. The van der Waals surface area contributed by atoms with Crippen molar-refractivity contribution < 1.29 is 4.79 Å². The molecule has 8 heteroatoms. The van der Waals surface area contributed by atoms with E-state index in [0.717, 1.165) is 10.6 Å². The van der Waals surface area contributed by atoms with Gasteiger partial charge in [0.15, 0.2) is 0 Å². The average Bonchev–Trinajstić information content (AvgIpc) is 3.05. The van der Waals surface area contributed by atoms with Crippen molar-refractivity contribution in [3.05, 3.63) is 46.1 Å². The molecule has 3 rings (SSSR count). The smallest absolute Gasteiger partial charge is 0.275 e. The Bertz CT molecular complexity index is 841. The summed E-state index contributed by atoms with van der Waals surface area (Å²) in [5, 5.41) is 16.6. The van der Waals surface area contributed by atoms with E-state index in [1.165, 1.54) is 16.0 Å². The Hall–Kier alpha value is -2.25. The van der Waals surface area contributed by atoms with E-state index in [0.29, 0.717) is 21.5 Å². The number of hydrogen-bond acceptors (Lipinski definition) is 5. The van der Waals surface area contributed by atoms with E-state index in [1.807, 2.05) is 25.1 Å². The summed E-state index contributed by atoms with van der Waals surface area (Å²) < 4.78 is 1.52. The summed E-state index contributed by atoms with van der Waals surface area (Å²) in [5.41, 5.74) is 1.85. The first-order valence-corrected chi connectivity index (χ1v) is 7.64. The SMILES string of the molecule is Cc1nnc(NC(=O)c2cc(-c3ccccc3Cl)nn2C)s1. The third-order valence-electron chi connectivity index (χ3n) is 3.01. The Morgan fingerprint density at radius 1 is 1.32 bits per heavy atom. The number of benzene rings is 1. The van der Waals surface area contributed by atoms with Gasteiger partial charge in [0.05, 0.1) is 10.7 Å². The van der Waals surface area contributed by atoms with Gasteiger partial charge in [0.2, 0.25) is 5.13 Å². The second kappa shape index (κ2) is 5.86. The molecule has 0 saturated carbocycles. The topological polar surface area (TPSA) is 72.7 Å². The van der Waals surface area contributed by atoms with E-state index in [1.54, 1.807) is 19.2 Å². The van der Waals surface area contributed by atoms with Gasteiger partial charge in [-0.25, -0.2) is 0 Å². The molecule has 0 radical (unpaired) electrons. The molecule has 6 nitrogen and oxygen atoms in total. The molecule has 0 spiro atoms. The number of rotatable bonds is 3. The van der Waals surface area contributed by atoms with Crippen LogP contribution in [0.1, 0.15) is 15.5 Å². The molecular formula is C14H12ClN5OS. The predicted molar refractivity (Wildman–Crippen MR) is 86.3 cm³/mol. The molecule has 0 bridgehead atoms. The van der Waals surface area contributed by atoms with Gasteiger partial charge < -0.3 is 0 Å². The Kier molecular flexibility index (Phi) is 3.91. The van der Waals surface area contributed by atoms with Crippen LogP contribution in [0.2, 0.25) is 5.02 Å². The van der Waals surface area contributed by atoms with Crippen molar-refractivity contribution in [2.24, 2.45) is 7.05 Å². The van der Waals surface area contributed by atoms with E-state index >= 15 is 0 Å². The van der Waals surface area contributed by atoms with Gasteiger partial charge in [0.1, 0.15) is 10.7 Å². The number of halogens is 1. The van der Waals surface area contributed by atoms with Crippen molar-refractivity contribution >= 4 is 34.0 Å². The highest BCUT2D eigenvalue weighted by Crippen LogP contribution is 2.27. The van der Waals surface area contributed by atoms with Crippen molar-refractivity contribution in [3.8, 4) is 11.3 Å². The molecular weight excluding hydrogens is 322 g/mol. The van der Waals surface area contributed by atoms with E-state index in [9.17, 15) is 4.79 Å². The van der Waals surface area contributed by atoms with Crippen LogP contribution in [0.4, 0.5) is 5.13 Å². The van der Waals surface area contributed by atoms with Crippen LogP contribution in [0.15, 0.2) is 30.3 Å². The number of anilines is 1. The monoisotopic (exact) mass is 333 g/mol. The lowest BCUT2D eigenvalue weighted by Gasteiger charge is -2.00. The largest absolute Gasteiger partial charge is 0.295 e. The van der Waals surface area contributed by atoms with Gasteiger partial charge in [-0.3, -0.25) is 14.8 Å². The van der Waals surface area contributed by atoms with Crippen LogP contribution in [0.3, 0.4) is 0 Å². The molecule has 0 fully saturated rings. The number of nitrogens with one attached hydrogen (secondary N) is 1. The molecule has 0 aliphatic heterocycles. The Balaban J connectivity index is 1.89. The highest BCUT2D eigenvalue weighted by Gasteiger charge is 2.17. The molecule has 2 aromatic heterocycles. The van der Waals surface area contributed by atoms with Gasteiger partial charge in [0.25, 0.3) is 5.91 Å². The summed E-state index contributed by atoms with van der Waals surface area (Å²) in [4.78, 5) is 12.3. The van der Waals surface area contributed by atoms with Crippen LogP contribution in [-0.4, -0.2) is 25.9 Å². The number of aromatic nitrogens is 4. The normalized spacial score (nSPS) is 10.7. The maximum atomic E-state index is 12.3. The lowest BCUT2D eigenvalue weighted by molar-refractivity contribution is 0.101. The van der Waals surface area contributed by atoms with Crippen LogP contribution in [0.5, 0.6) is 0 Å². The lowest BCUT2D eigenvalue weighted by Crippen LogP contribution is -2.15. The molecule has 0 saturated heterocycles. The summed E-state index contributed by atoms with van der Waals surface area (Å²) in [5.74, 6) is -0.288. The van der Waals surface area contributed by atoms with E-state index in [-0.39, 0.29) is 5.91 Å². The van der Waals surface area contributed by atoms with Gasteiger partial charge in [-0.15, -0.1) is 10.2 Å². The number of carbonyl (C=O) groups is 1. The van der Waals surface area contributed by atoms with Crippen LogP contribution in [0.25, 0.3) is 11.3 Å². The van der Waals surface area contributed by atoms with Gasteiger partial charge in [-0.2, -0.15) is 5.10 Å². The third-order valence-corrected chi connectivity index (χ3v) is 4.09. The van der Waals surface area contributed by atoms with Crippen LogP contribution in [0, 0.1) is 6.92 Å². The first kappa shape index (κ1) is 14.7. The van der Waals surface area contributed by atoms with Crippen molar-refractivity contribution in [1.29, 1.82) is 0 Å². The quantitative estimate of drug-likeness (QED) is 0.799. The van der Waals surface area contributed by atoms with Gasteiger partial charge in [-0.1, -0.05) is 41.1 Å². The van der Waals surface area contributed by atoms with E-state index < -0.39 is 0 Å². The third kappa shape index (κ3) is 2.86. The maximum absolute atomic E-state index is 12.3. The molecule has 3 aromatic rings. The van der Waals surface area contributed by atoms with E-state index in [4.69, 9.17) is 11.6 Å². The highest BCUT2D eigenvalue weighted by atomic mass is 35.5. The molecule has 2 heterocycles. The minimum atomic E-state index is -0.288. The number of amides is 1. The first-order chi connectivity index (χ1) is 10.5. The zero-order valence-corrected chi connectivity index (χ0v) is 13.4. The standard InChI is InChI=1S/C14H12ClN5OS/c1-8-17-18-14(22-8)16-13(21)12-7-11(19-20(12)2)9-5-3-4-6-10(9)15/h3-7H,1-2H3,(H,16,18,21). The molecule has 1 N–H and O–H groups in total. The summed E-state index contributed by atoms with van der Waals surface area (Å²) in [6.45, 7) is 1.83. The minimum absolute atomic E-state index is 0.288. The number of nitrogens with zero attached hydrogens (tertiary/aromatic N) is 4. The molecule has 0 unspecified atom stereocenters. The summed E-state index contributed by atoms with van der Waals surface area (Å²) in [7, 11) is 1.71. The fraction of sp³-hybridized carbons (Fsp3) is 0.143. The Labute approximate surface area is 135 Å². The number of aryl methyl sites for hydroxylation is 2. The average molecular weight is 334 g/mol. The molecule has 112 valence electrons.